The first-order valence-corrected chi connectivity index (χ1v) is 9.20. The summed E-state index contributed by atoms with van der Waals surface area (Å²) in [4.78, 5) is 12.6. The first-order valence-electron chi connectivity index (χ1n) is 9.20. The van der Waals surface area contributed by atoms with Crippen molar-refractivity contribution >= 4 is 5.91 Å². The molecular formula is C21H19F2N3O3. The van der Waals surface area contributed by atoms with Gasteiger partial charge in [0.05, 0.1) is 13.2 Å². The molecule has 29 heavy (non-hydrogen) atoms. The molecular weight excluding hydrogens is 380 g/mol. The van der Waals surface area contributed by atoms with Crippen molar-refractivity contribution in [3.63, 3.8) is 0 Å². The second-order valence-corrected chi connectivity index (χ2v) is 6.69. The third-order valence-electron chi connectivity index (χ3n) is 4.54. The smallest absolute Gasteiger partial charge is 0.272 e. The summed E-state index contributed by atoms with van der Waals surface area (Å²) in [5.74, 6) is -0.632. The van der Waals surface area contributed by atoms with Crippen molar-refractivity contribution in [3.05, 3.63) is 71.1 Å². The third-order valence-corrected chi connectivity index (χ3v) is 4.54. The monoisotopic (exact) mass is 399 g/mol. The van der Waals surface area contributed by atoms with Gasteiger partial charge in [0.1, 0.15) is 5.69 Å². The van der Waals surface area contributed by atoms with E-state index in [0.717, 1.165) is 28.8 Å². The minimum Gasteiger partial charge on any atom is -0.490 e. The van der Waals surface area contributed by atoms with Crippen LogP contribution in [0.25, 0.3) is 5.69 Å². The van der Waals surface area contributed by atoms with E-state index in [2.05, 4.69) is 10.4 Å². The number of hydrogen-bond acceptors (Lipinski definition) is 4. The van der Waals surface area contributed by atoms with E-state index in [1.165, 1.54) is 12.3 Å². The van der Waals surface area contributed by atoms with Gasteiger partial charge in [-0.3, -0.25) is 4.79 Å². The zero-order valence-electron chi connectivity index (χ0n) is 15.7. The molecule has 1 aliphatic rings. The molecule has 1 amide bonds. The molecule has 1 aromatic heterocycles. The Kier molecular flexibility index (Phi) is 5.16. The number of amides is 1. The summed E-state index contributed by atoms with van der Waals surface area (Å²) >= 11 is 0. The molecule has 0 spiro atoms. The molecule has 4 rings (SSSR count). The molecule has 2 heterocycles. The maximum Gasteiger partial charge on any atom is 0.272 e. The molecule has 150 valence electrons. The van der Waals surface area contributed by atoms with Crippen LogP contribution in [-0.4, -0.2) is 28.9 Å². The lowest BCUT2D eigenvalue weighted by atomic mass is 10.2. The van der Waals surface area contributed by atoms with Gasteiger partial charge in [-0.1, -0.05) is 12.1 Å². The molecule has 0 saturated heterocycles. The summed E-state index contributed by atoms with van der Waals surface area (Å²) in [6, 6.07) is 9.02. The highest BCUT2D eigenvalue weighted by Crippen LogP contribution is 2.30. The molecule has 1 aliphatic heterocycles. The number of rotatable bonds is 4. The van der Waals surface area contributed by atoms with Crippen LogP contribution >= 0.6 is 0 Å². The number of aromatic nitrogens is 2. The molecule has 8 heteroatoms. The molecule has 0 saturated carbocycles. The lowest BCUT2D eigenvalue weighted by Gasteiger charge is -2.10. The predicted octanol–water partition coefficient (Wildman–Crippen LogP) is 3.55. The molecule has 2 aromatic carbocycles. The van der Waals surface area contributed by atoms with E-state index in [1.54, 1.807) is 6.92 Å². The van der Waals surface area contributed by atoms with E-state index < -0.39 is 17.5 Å². The molecule has 0 aliphatic carbocycles. The van der Waals surface area contributed by atoms with E-state index in [-0.39, 0.29) is 17.9 Å². The third kappa shape index (κ3) is 3.91. The van der Waals surface area contributed by atoms with Crippen LogP contribution in [0.2, 0.25) is 0 Å². The van der Waals surface area contributed by atoms with Gasteiger partial charge in [0.15, 0.2) is 28.8 Å². The Hall–Kier alpha value is -3.42. The second kappa shape index (κ2) is 7.90. The van der Waals surface area contributed by atoms with Crippen molar-refractivity contribution < 1.29 is 23.0 Å². The second-order valence-electron chi connectivity index (χ2n) is 6.69. The number of nitrogens with one attached hydrogen (secondary N) is 1. The fourth-order valence-corrected chi connectivity index (χ4v) is 3.09. The Morgan fingerprint density at radius 2 is 1.86 bits per heavy atom. The number of carbonyl (C=O) groups excluding carboxylic acids is 1. The van der Waals surface area contributed by atoms with E-state index in [4.69, 9.17) is 9.47 Å². The standard InChI is InChI=1S/C21H19F2N3O3/c1-13-12-26(20-15(22)4-2-5-16(20)23)25-19(13)21(27)24-11-14-6-7-17-18(10-14)29-9-3-8-28-17/h2,4-7,10,12H,3,8-9,11H2,1H3,(H,24,27). The normalized spacial score (nSPS) is 13.1. The molecule has 3 aromatic rings. The summed E-state index contributed by atoms with van der Waals surface area (Å²) in [6.07, 6.45) is 2.23. The van der Waals surface area contributed by atoms with Gasteiger partial charge in [0.25, 0.3) is 5.91 Å². The number of para-hydroxylation sites is 1. The van der Waals surface area contributed by atoms with Crippen LogP contribution in [0, 0.1) is 18.6 Å². The van der Waals surface area contributed by atoms with Crippen LogP contribution in [0.5, 0.6) is 11.5 Å². The molecule has 0 atom stereocenters. The van der Waals surface area contributed by atoms with Crippen molar-refractivity contribution in [1.29, 1.82) is 0 Å². The van der Waals surface area contributed by atoms with Crippen molar-refractivity contribution in [3.8, 4) is 17.2 Å². The molecule has 0 unspecified atom stereocenters. The molecule has 0 bridgehead atoms. The topological polar surface area (TPSA) is 65.4 Å². The largest absolute Gasteiger partial charge is 0.490 e. The Labute approximate surface area is 166 Å². The summed E-state index contributed by atoms with van der Waals surface area (Å²) < 4.78 is 40.3. The molecule has 0 radical (unpaired) electrons. The number of fused-ring (bicyclic) bond motifs is 1. The van der Waals surface area contributed by atoms with Crippen LogP contribution < -0.4 is 14.8 Å². The Bertz CT molecular complexity index is 1050. The van der Waals surface area contributed by atoms with E-state index in [9.17, 15) is 13.6 Å². The number of aryl methyl sites for hydroxylation is 1. The van der Waals surface area contributed by atoms with E-state index in [0.29, 0.717) is 30.3 Å². The summed E-state index contributed by atoms with van der Waals surface area (Å²) in [7, 11) is 0. The minimum absolute atomic E-state index is 0.0991. The Morgan fingerprint density at radius 1 is 1.14 bits per heavy atom. The number of nitrogens with zero attached hydrogens (tertiary/aromatic N) is 2. The highest BCUT2D eigenvalue weighted by atomic mass is 19.1. The number of carbonyl (C=O) groups is 1. The number of halogens is 2. The van der Waals surface area contributed by atoms with Gasteiger partial charge in [0, 0.05) is 24.7 Å². The van der Waals surface area contributed by atoms with Crippen molar-refractivity contribution in [2.24, 2.45) is 0 Å². The minimum atomic E-state index is -0.758. The van der Waals surface area contributed by atoms with E-state index in [1.807, 2.05) is 18.2 Å². The fourth-order valence-electron chi connectivity index (χ4n) is 3.09. The van der Waals surface area contributed by atoms with Crippen molar-refractivity contribution in [2.45, 2.75) is 19.9 Å². The summed E-state index contributed by atoms with van der Waals surface area (Å²) in [5, 5.41) is 6.85. The van der Waals surface area contributed by atoms with Gasteiger partial charge in [0.2, 0.25) is 0 Å². The SMILES string of the molecule is Cc1cn(-c2c(F)cccc2F)nc1C(=O)NCc1ccc2c(c1)OCCCO2. The Morgan fingerprint density at radius 3 is 2.62 bits per heavy atom. The zero-order valence-corrected chi connectivity index (χ0v) is 15.7. The van der Waals surface area contributed by atoms with Gasteiger partial charge in [-0.15, -0.1) is 0 Å². The zero-order chi connectivity index (χ0) is 20.4. The lowest BCUT2D eigenvalue weighted by molar-refractivity contribution is 0.0944. The summed E-state index contributed by atoms with van der Waals surface area (Å²) in [6.45, 7) is 3.08. The summed E-state index contributed by atoms with van der Waals surface area (Å²) in [5.41, 5.74) is 1.11. The van der Waals surface area contributed by atoms with Gasteiger partial charge in [-0.05, 0) is 36.8 Å². The van der Waals surface area contributed by atoms with Crippen LogP contribution in [-0.2, 0) is 6.54 Å². The molecule has 6 nitrogen and oxygen atoms in total. The highest BCUT2D eigenvalue weighted by molar-refractivity contribution is 5.93. The average molecular weight is 399 g/mol. The average Bonchev–Trinajstić information content (AvgIpc) is 2.93. The van der Waals surface area contributed by atoms with Crippen LogP contribution in [0.3, 0.4) is 0 Å². The predicted molar refractivity (Wildman–Crippen MR) is 101 cm³/mol. The maximum atomic E-state index is 14.0. The van der Waals surface area contributed by atoms with Crippen LogP contribution in [0.15, 0.2) is 42.6 Å². The van der Waals surface area contributed by atoms with Gasteiger partial charge in [-0.25, -0.2) is 13.5 Å². The quantitative estimate of drug-likeness (QED) is 0.729. The fraction of sp³-hybridized carbons (Fsp3) is 0.238. The van der Waals surface area contributed by atoms with Crippen LogP contribution in [0.4, 0.5) is 8.78 Å². The van der Waals surface area contributed by atoms with Gasteiger partial charge >= 0.3 is 0 Å². The first kappa shape index (κ1) is 18.9. The van der Waals surface area contributed by atoms with E-state index >= 15 is 0 Å². The van der Waals surface area contributed by atoms with Crippen LogP contribution in [0.1, 0.15) is 28.0 Å². The Balaban J connectivity index is 1.50. The van der Waals surface area contributed by atoms with Gasteiger partial charge < -0.3 is 14.8 Å². The lowest BCUT2D eigenvalue weighted by Crippen LogP contribution is -2.24. The first-order chi connectivity index (χ1) is 14.0. The number of hydrogen-bond donors (Lipinski definition) is 1. The molecule has 1 N–H and O–H groups in total. The number of ether oxygens (including phenoxy) is 2. The molecule has 0 fully saturated rings. The van der Waals surface area contributed by atoms with Crippen molar-refractivity contribution in [1.82, 2.24) is 15.1 Å². The number of benzene rings is 2. The van der Waals surface area contributed by atoms with Crippen molar-refractivity contribution in [2.75, 3.05) is 13.2 Å². The maximum absolute atomic E-state index is 14.0. The highest BCUT2D eigenvalue weighted by Gasteiger charge is 2.18. The van der Waals surface area contributed by atoms with Gasteiger partial charge in [-0.2, -0.15) is 5.10 Å².